The van der Waals surface area contributed by atoms with E-state index < -0.39 is 0 Å². The minimum absolute atomic E-state index is 0.932. The Bertz CT molecular complexity index is 3920. The monoisotopic (exact) mass is 937 g/mol. The summed E-state index contributed by atoms with van der Waals surface area (Å²) in [5.41, 5.74) is 13.9. The maximum Gasteiger partial charge on any atom is 0.0619 e. The second-order valence-electron chi connectivity index (χ2n) is 18.8. The van der Waals surface area contributed by atoms with Crippen molar-refractivity contribution in [2.24, 2.45) is 0 Å². The zero-order chi connectivity index (χ0) is 48.9. The molecule has 0 atom stereocenters. The molecule has 0 bridgehead atoms. The third kappa shape index (κ3) is 9.10. The summed E-state index contributed by atoms with van der Waals surface area (Å²) in [6, 6.07) is 79.5. The van der Waals surface area contributed by atoms with Gasteiger partial charge in [-0.2, -0.15) is 0 Å². The van der Waals surface area contributed by atoms with Crippen LogP contribution >= 0.6 is 0 Å². The molecule has 10 aromatic rings. The number of benzene rings is 10. The summed E-state index contributed by atoms with van der Waals surface area (Å²) in [7, 11) is 0. The van der Waals surface area contributed by atoms with Crippen LogP contribution in [0.3, 0.4) is 0 Å². The van der Waals surface area contributed by atoms with Crippen molar-refractivity contribution in [3.63, 3.8) is 0 Å². The summed E-state index contributed by atoms with van der Waals surface area (Å²) in [6.07, 6.45) is 24.0. The Morgan fingerprint density at radius 2 is 0.986 bits per heavy atom. The van der Waals surface area contributed by atoms with Crippen LogP contribution in [0.15, 0.2) is 273 Å². The Morgan fingerprint density at radius 1 is 0.411 bits per heavy atom. The third-order valence-corrected chi connectivity index (χ3v) is 14.3. The van der Waals surface area contributed by atoms with E-state index in [1.165, 1.54) is 60.3 Å². The van der Waals surface area contributed by atoms with Crippen LogP contribution in [0.5, 0.6) is 0 Å². The lowest BCUT2D eigenvalue weighted by Gasteiger charge is -2.32. The van der Waals surface area contributed by atoms with E-state index in [0.29, 0.717) is 0 Å². The van der Waals surface area contributed by atoms with Gasteiger partial charge in [-0.15, -0.1) is 0 Å². The van der Waals surface area contributed by atoms with E-state index in [1.54, 1.807) is 0 Å². The predicted molar refractivity (Wildman–Crippen MR) is 314 cm³/mol. The molecule has 0 saturated heterocycles. The fourth-order valence-electron chi connectivity index (χ4n) is 10.7. The van der Waals surface area contributed by atoms with Crippen LogP contribution in [0.25, 0.3) is 61.7 Å². The van der Waals surface area contributed by atoms with E-state index in [4.69, 9.17) is 0 Å². The van der Waals surface area contributed by atoms with Crippen LogP contribution in [0, 0.1) is 0 Å². The number of nitrogens with zero attached hydrogens (tertiary/aromatic N) is 3. The topological polar surface area (TPSA) is 9.72 Å². The first-order chi connectivity index (χ1) is 36.1. The zero-order valence-electron chi connectivity index (χ0n) is 40.9. The summed E-state index contributed by atoms with van der Waals surface area (Å²) in [5.74, 6) is 0. The average molecular weight is 938 g/mol. The van der Waals surface area contributed by atoms with Gasteiger partial charge in [-0.25, -0.2) is 0 Å². The maximum absolute atomic E-state index is 4.31. The van der Waals surface area contributed by atoms with Crippen LogP contribution in [0.2, 0.25) is 0 Å². The number of fused-ring (bicyclic) bond motifs is 3. The number of hydrogen-bond donors (Lipinski definition) is 0. The van der Waals surface area contributed by atoms with E-state index >= 15 is 0 Å². The molecule has 0 amide bonds. The highest BCUT2D eigenvalue weighted by Gasteiger charge is 2.26. The molecule has 0 N–H and O–H groups in total. The lowest BCUT2D eigenvalue weighted by molar-refractivity contribution is 0.915. The van der Waals surface area contributed by atoms with Gasteiger partial charge in [0.2, 0.25) is 0 Å². The van der Waals surface area contributed by atoms with Gasteiger partial charge in [0, 0.05) is 56.8 Å². The molecule has 0 unspecified atom stereocenters. The Labute approximate surface area is 428 Å². The quantitative estimate of drug-likeness (QED) is 0.113. The number of anilines is 7. The fraction of sp³-hybridized carbons (Fsp3) is 0.0571. The second-order valence-corrected chi connectivity index (χ2v) is 18.8. The zero-order valence-corrected chi connectivity index (χ0v) is 40.9. The molecule has 0 fully saturated rings. The molecule has 0 aliphatic heterocycles. The van der Waals surface area contributed by atoms with Crippen LogP contribution in [0.1, 0.15) is 31.2 Å². The first kappa shape index (κ1) is 45.0. The molecule has 12 rings (SSSR count). The van der Waals surface area contributed by atoms with Crippen molar-refractivity contribution in [3.05, 3.63) is 289 Å². The van der Waals surface area contributed by atoms with Crippen molar-refractivity contribution >= 4 is 90.4 Å². The molecule has 0 spiro atoms. The Morgan fingerprint density at radius 3 is 1.71 bits per heavy atom. The van der Waals surface area contributed by atoms with E-state index in [-0.39, 0.29) is 0 Å². The predicted octanol–water partition coefficient (Wildman–Crippen LogP) is 17.9. The molecule has 0 saturated carbocycles. The first-order valence-corrected chi connectivity index (χ1v) is 25.5. The molecular weight excluding hydrogens is 883 g/mol. The molecule has 2 aliphatic carbocycles. The number of allylic oxidation sites excluding steroid dienone is 9. The number of hydrogen-bond acceptors (Lipinski definition) is 3. The van der Waals surface area contributed by atoms with Crippen LogP contribution in [0.4, 0.5) is 39.8 Å². The van der Waals surface area contributed by atoms with E-state index in [2.05, 4.69) is 288 Å². The lowest BCUT2D eigenvalue weighted by Crippen LogP contribution is -2.21. The molecule has 2 aliphatic rings. The van der Waals surface area contributed by atoms with Gasteiger partial charge in [0.15, 0.2) is 0 Å². The largest absolute Gasteiger partial charge is 0.321 e. The first-order valence-electron chi connectivity index (χ1n) is 25.5. The van der Waals surface area contributed by atoms with Gasteiger partial charge >= 0.3 is 0 Å². The minimum Gasteiger partial charge on any atom is -0.321 e. The SMILES string of the molecule is C=c1ccccc1=CC=CN(C1=CC=CCC1)c1ccc2c(C3=CC=CCC3)c3cc(N(c4ccccc4)c4ccc5ccccc5c4)ccc3c(N(c3ccccc3)c3ccc(-c4ccccc4)cc3)c2c1. The molecule has 3 heteroatoms. The van der Waals surface area contributed by atoms with Gasteiger partial charge in [0.05, 0.1) is 5.69 Å². The van der Waals surface area contributed by atoms with Crippen molar-refractivity contribution in [2.75, 3.05) is 14.7 Å². The van der Waals surface area contributed by atoms with Crippen molar-refractivity contribution in [1.82, 2.24) is 0 Å². The molecule has 3 nitrogen and oxygen atoms in total. The summed E-state index contributed by atoms with van der Waals surface area (Å²) in [5, 5.41) is 9.29. The van der Waals surface area contributed by atoms with Crippen molar-refractivity contribution in [2.45, 2.75) is 25.7 Å². The third-order valence-electron chi connectivity index (χ3n) is 14.3. The van der Waals surface area contributed by atoms with Crippen molar-refractivity contribution in [3.8, 4) is 11.1 Å². The molecule has 0 aromatic heterocycles. The minimum atomic E-state index is 0.932. The number of para-hydroxylation sites is 2. The molecule has 0 radical (unpaired) electrons. The van der Waals surface area contributed by atoms with Crippen LogP contribution in [-0.4, -0.2) is 0 Å². The fourth-order valence-corrected chi connectivity index (χ4v) is 10.7. The smallest absolute Gasteiger partial charge is 0.0619 e. The molecule has 350 valence electrons. The molecule has 0 heterocycles. The number of rotatable bonds is 12. The summed E-state index contributed by atoms with van der Waals surface area (Å²) < 4.78 is 0. The van der Waals surface area contributed by atoms with Crippen LogP contribution in [-0.2, 0) is 0 Å². The Kier molecular flexibility index (Phi) is 12.5. The van der Waals surface area contributed by atoms with E-state index in [0.717, 1.165) is 75.9 Å². The Hall–Kier alpha value is -9.18. The highest BCUT2D eigenvalue weighted by Crippen LogP contribution is 2.51. The molecule has 10 aromatic carbocycles. The van der Waals surface area contributed by atoms with Crippen molar-refractivity contribution < 1.29 is 0 Å². The molecule has 73 heavy (non-hydrogen) atoms. The van der Waals surface area contributed by atoms with Gasteiger partial charge < -0.3 is 14.7 Å². The maximum atomic E-state index is 4.31. The average Bonchev–Trinajstić information content (AvgIpc) is 3.46. The highest BCUT2D eigenvalue weighted by atomic mass is 15.2. The van der Waals surface area contributed by atoms with Crippen molar-refractivity contribution in [1.29, 1.82) is 0 Å². The summed E-state index contributed by atoms with van der Waals surface area (Å²) >= 11 is 0. The Balaban J connectivity index is 1.16. The summed E-state index contributed by atoms with van der Waals surface area (Å²) in [4.78, 5) is 7.28. The van der Waals surface area contributed by atoms with E-state index in [9.17, 15) is 0 Å². The van der Waals surface area contributed by atoms with Gasteiger partial charge in [-0.1, -0.05) is 189 Å². The standard InChI is InChI=1S/C70H55N3/c1-51-22-17-18-23-52(51)30-21-47-71(58-31-11-4-12-32-58)62-43-45-65-68(49-62)70(73(60-35-15-6-16-36-60)61-40-37-55(38-41-61)53-24-7-2-8-25-53)66-46-44-64(50-67(66)69(65)56-27-9-3-10-28-56)72(59-33-13-5-14-34-59)63-42-39-54-26-19-20-29-57(54)48-63/h2-9,11,13-27,29-31,33-50H,1,10,12,28,32H2. The van der Waals surface area contributed by atoms with E-state index in [1.807, 2.05) is 6.07 Å². The van der Waals surface area contributed by atoms with Gasteiger partial charge in [0.25, 0.3) is 0 Å². The van der Waals surface area contributed by atoms with Gasteiger partial charge in [0.1, 0.15) is 0 Å². The lowest BCUT2D eigenvalue weighted by atomic mass is 9.86. The van der Waals surface area contributed by atoms with Gasteiger partial charge in [-0.05, 0) is 165 Å². The molecular formula is C70H55N3. The highest BCUT2D eigenvalue weighted by molar-refractivity contribution is 6.21. The second kappa shape index (κ2) is 20.3. The van der Waals surface area contributed by atoms with Gasteiger partial charge in [-0.3, -0.25) is 0 Å². The van der Waals surface area contributed by atoms with Crippen LogP contribution < -0.4 is 25.1 Å². The normalized spacial score (nSPS) is 13.7. The summed E-state index contributed by atoms with van der Waals surface area (Å²) in [6.45, 7) is 4.31.